The first-order valence-electron chi connectivity index (χ1n) is 14.9. The minimum Gasteiger partial charge on any atom is -0.368 e. The van der Waals surface area contributed by atoms with E-state index in [2.05, 4.69) is 53.2 Å². The van der Waals surface area contributed by atoms with E-state index in [1.165, 1.54) is 24.8 Å². The number of nitrogens with one attached hydrogen (secondary N) is 1. The lowest BCUT2D eigenvalue weighted by Gasteiger charge is -2.37. The van der Waals surface area contributed by atoms with Crippen molar-refractivity contribution in [3.05, 3.63) is 88.9 Å². The summed E-state index contributed by atoms with van der Waals surface area (Å²) in [5.41, 5.74) is 7.62. The van der Waals surface area contributed by atoms with Crippen LogP contribution in [0.5, 0.6) is 0 Å². The van der Waals surface area contributed by atoms with Crippen molar-refractivity contribution < 1.29 is 9.59 Å². The zero-order valence-electron chi connectivity index (χ0n) is 24.3. The van der Waals surface area contributed by atoms with Crippen LogP contribution >= 0.6 is 0 Å². The molecule has 0 bridgehead atoms. The molecule has 0 atom stereocenters. The third kappa shape index (κ3) is 5.58. The Morgan fingerprint density at radius 3 is 2.34 bits per heavy atom. The standard InChI is InChI=1S/C34H39N5O2/c1-23-19-25(3)35-31(20-23)38-17-15-37(16-18-38)30-13-12-27(21-24(30)2)36-34(41)33(40)32-29(26-9-5-4-6-10-26)22-28-11-7-8-14-39(28)32/h7-8,11-14,19-22,26H,4-6,9-10,15-18H2,1-3H3,(H,36,41). The van der Waals surface area contributed by atoms with Crippen molar-refractivity contribution in [1.82, 2.24) is 9.38 Å². The first-order chi connectivity index (χ1) is 19.9. The van der Waals surface area contributed by atoms with Crippen LogP contribution in [-0.4, -0.2) is 47.3 Å². The molecule has 2 fully saturated rings. The van der Waals surface area contributed by atoms with Crippen LogP contribution in [0.25, 0.3) is 5.52 Å². The normalized spacial score (nSPS) is 16.3. The number of aryl methyl sites for hydroxylation is 3. The van der Waals surface area contributed by atoms with E-state index in [0.717, 1.165) is 72.9 Å². The molecule has 3 aromatic heterocycles. The number of carbonyl (C=O) groups excluding carboxylic acids is 2. The summed E-state index contributed by atoms with van der Waals surface area (Å²) in [6, 6.07) is 18.2. The largest absolute Gasteiger partial charge is 0.368 e. The van der Waals surface area contributed by atoms with Gasteiger partial charge < -0.3 is 19.5 Å². The maximum atomic E-state index is 13.6. The lowest BCUT2D eigenvalue weighted by molar-refractivity contribution is -0.112. The highest BCUT2D eigenvalue weighted by atomic mass is 16.2. The maximum absolute atomic E-state index is 13.6. The van der Waals surface area contributed by atoms with E-state index in [4.69, 9.17) is 4.98 Å². The summed E-state index contributed by atoms with van der Waals surface area (Å²) in [4.78, 5) is 36.4. The van der Waals surface area contributed by atoms with E-state index in [0.29, 0.717) is 17.3 Å². The number of piperazine rings is 1. The van der Waals surface area contributed by atoms with Gasteiger partial charge in [0.15, 0.2) is 0 Å². The second-order valence-electron chi connectivity index (χ2n) is 11.7. The van der Waals surface area contributed by atoms with Crippen LogP contribution in [0.4, 0.5) is 17.2 Å². The summed E-state index contributed by atoms with van der Waals surface area (Å²) in [5.74, 6) is 0.300. The second-order valence-corrected chi connectivity index (χ2v) is 11.7. The lowest BCUT2D eigenvalue weighted by atomic mass is 9.83. The van der Waals surface area contributed by atoms with E-state index >= 15 is 0 Å². The number of Topliss-reactive ketones (excluding diaryl/α,β-unsaturated/α-hetero) is 1. The topological polar surface area (TPSA) is 70.0 Å². The van der Waals surface area contributed by atoms with Crippen molar-refractivity contribution in [3.8, 4) is 0 Å². The summed E-state index contributed by atoms with van der Waals surface area (Å²) in [7, 11) is 0. The van der Waals surface area contributed by atoms with E-state index < -0.39 is 11.7 Å². The van der Waals surface area contributed by atoms with Crippen LogP contribution in [0.3, 0.4) is 0 Å². The molecule has 212 valence electrons. The second kappa shape index (κ2) is 11.4. The highest BCUT2D eigenvalue weighted by molar-refractivity contribution is 6.46. The van der Waals surface area contributed by atoms with Gasteiger partial charge in [0, 0.05) is 55.0 Å². The molecule has 4 heterocycles. The van der Waals surface area contributed by atoms with Gasteiger partial charge in [0.2, 0.25) is 0 Å². The van der Waals surface area contributed by atoms with E-state index in [1.807, 2.05) is 47.9 Å². The Hall–Kier alpha value is -4.13. The molecule has 2 aliphatic rings. The molecule has 7 nitrogen and oxygen atoms in total. The van der Waals surface area contributed by atoms with Crippen LogP contribution in [0.15, 0.2) is 60.8 Å². The molecule has 0 spiro atoms. The number of ketones is 1. The number of pyridine rings is 2. The van der Waals surface area contributed by atoms with E-state index in [9.17, 15) is 9.59 Å². The zero-order valence-corrected chi connectivity index (χ0v) is 24.3. The molecule has 1 N–H and O–H groups in total. The molecular formula is C34H39N5O2. The third-order valence-corrected chi connectivity index (χ3v) is 8.66. The van der Waals surface area contributed by atoms with Crippen LogP contribution in [0.2, 0.25) is 0 Å². The van der Waals surface area contributed by atoms with Gasteiger partial charge in [-0.25, -0.2) is 4.98 Å². The fourth-order valence-electron chi connectivity index (χ4n) is 6.65. The quantitative estimate of drug-likeness (QED) is 0.221. The Labute approximate surface area is 242 Å². The summed E-state index contributed by atoms with van der Waals surface area (Å²) >= 11 is 0. The minimum absolute atomic E-state index is 0.322. The molecular weight excluding hydrogens is 510 g/mol. The molecule has 4 aromatic rings. The summed E-state index contributed by atoms with van der Waals surface area (Å²) < 4.78 is 1.88. The van der Waals surface area contributed by atoms with E-state index in [-0.39, 0.29) is 0 Å². The number of hydrogen-bond acceptors (Lipinski definition) is 5. The number of rotatable bonds is 6. The van der Waals surface area contributed by atoms with Gasteiger partial charge in [0.25, 0.3) is 11.7 Å². The Kier molecular flexibility index (Phi) is 7.52. The van der Waals surface area contributed by atoms with Gasteiger partial charge >= 0.3 is 0 Å². The highest BCUT2D eigenvalue weighted by Gasteiger charge is 2.29. The zero-order chi connectivity index (χ0) is 28.5. The molecule has 1 saturated heterocycles. The predicted octanol–water partition coefficient (Wildman–Crippen LogP) is 6.46. The number of nitrogens with zero attached hydrogens (tertiary/aromatic N) is 4. The molecule has 7 heteroatoms. The van der Waals surface area contributed by atoms with Gasteiger partial charge in [0.05, 0.1) is 0 Å². The number of benzene rings is 1. The number of anilines is 3. The SMILES string of the molecule is Cc1cc(C)nc(N2CCN(c3ccc(NC(=O)C(=O)c4c(C5CCCCC5)cc5ccccn45)cc3C)CC2)c1. The summed E-state index contributed by atoms with van der Waals surface area (Å²) in [6.45, 7) is 9.80. The Bertz CT molecular complexity index is 1570. The number of amides is 1. The summed E-state index contributed by atoms with van der Waals surface area (Å²) in [6.07, 6.45) is 7.59. The van der Waals surface area contributed by atoms with Crippen molar-refractivity contribution in [2.24, 2.45) is 0 Å². The first-order valence-corrected chi connectivity index (χ1v) is 14.9. The Morgan fingerprint density at radius 2 is 1.61 bits per heavy atom. The number of carbonyl (C=O) groups is 2. The average Bonchev–Trinajstić information content (AvgIpc) is 3.37. The fraction of sp³-hybridized carbons (Fsp3) is 0.382. The van der Waals surface area contributed by atoms with Gasteiger partial charge in [-0.2, -0.15) is 0 Å². The van der Waals surface area contributed by atoms with Gasteiger partial charge in [0.1, 0.15) is 11.5 Å². The van der Waals surface area contributed by atoms with Crippen molar-refractivity contribution in [2.45, 2.75) is 58.8 Å². The Morgan fingerprint density at radius 1 is 0.854 bits per heavy atom. The average molecular weight is 550 g/mol. The molecule has 1 amide bonds. The Balaban J connectivity index is 1.15. The van der Waals surface area contributed by atoms with Crippen LogP contribution < -0.4 is 15.1 Å². The van der Waals surface area contributed by atoms with Gasteiger partial charge in [-0.15, -0.1) is 0 Å². The predicted molar refractivity (Wildman–Crippen MR) is 165 cm³/mol. The molecule has 1 aliphatic heterocycles. The van der Waals surface area contributed by atoms with Gasteiger partial charge in [-0.1, -0.05) is 25.3 Å². The maximum Gasteiger partial charge on any atom is 0.298 e. The molecule has 1 aliphatic carbocycles. The number of fused-ring (bicyclic) bond motifs is 1. The lowest BCUT2D eigenvalue weighted by Crippen LogP contribution is -2.47. The number of aromatic nitrogens is 2. The van der Waals surface area contributed by atoms with Crippen molar-refractivity contribution >= 4 is 34.4 Å². The van der Waals surface area contributed by atoms with Crippen molar-refractivity contribution in [3.63, 3.8) is 0 Å². The van der Waals surface area contributed by atoms with Crippen LogP contribution in [0.1, 0.15) is 70.9 Å². The molecule has 1 aromatic carbocycles. The molecule has 1 saturated carbocycles. The van der Waals surface area contributed by atoms with Crippen LogP contribution in [0, 0.1) is 20.8 Å². The van der Waals surface area contributed by atoms with Gasteiger partial charge in [-0.05, 0) is 105 Å². The van der Waals surface area contributed by atoms with Gasteiger partial charge in [-0.3, -0.25) is 9.59 Å². The van der Waals surface area contributed by atoms with E-state index in [1.54, 1.807) is 0 Å². The third-order valence-electron chi connectivity index (χ3n) is 8.66. The first kappa shape index (κ1) is 27.1. The monoisotopic (exact) mass is 549 g/mol. The molecule has 41 heavy (non-hydrogen) atoms. The fourth-order valence-corrected chi connectivity index (χ4v) is 6.65. The molecule has 0 unspecified atom stereocenters. The smallest absolute Gasteiger partial charge is 0.298 e. The highest BCUT2D eigenvalue weighted by Crippen LogP contribution is 2.36. The number of hydrogen-bond donors (Lipinski definition) is 1. The minimum atomic E-state index is -0.590. The van der Waals surface area contributed by atoms with Crippen molar-refractivity contribution in [1.29, 1.82) is 0 Å². The molecule has 6 rings (SSSR count). The summed E-state index contributed by atoms with van der Waals surface area (Å²) in [5, 5.41) is 2.90. The van der Waals surface area contributed by atoms with Crippen LogP contribution in [-0.2, 0) is 4.79 Å². The molecule has 0 radical (unpaired) electrons. The van der Waals surface area contributed by atoms with Crippen molar-refractivity contribution in [2.75, 3.05) is 41.3 Å².